The van der Waals surface area contributed by atoms with Crippen LogP contribution in [0.4, 0.5) is 0 Å². The van der Waals surface area contributed by atoms with E-state index in [2.05, 4.69) is 12.0 Å². The van der Waals surface area contributed by atoms with Crippen molar-refractivity contribution in [2.45, 2.75) is 40.0 Å². The topological polar surface area (TPSA) is 67.6 Å². The third-order valence-electron chi connectivity index (χ3n) is 4.20. The Balaban J connectivity index is 1.84. The van der Waals surface area contributed by atoms with Gasteiger partial charge in [-0.05, 0) is 31.0 Å². The summed E-state index contributed by atoms with van der Waals surface area (Å²) >= 11 is 0. The van der Waals surface area contributed by atoms with Gasteiger partial charge >= 0.3 is 0 Å². The summed E-state index contributed by atoms with van der Waals surface area (Å²) in [4.78, 5) is 14.7. The second kappa shape index (κ2) is 7.05. The second-order valence-corrected chi connectivity index (χ2v) is 6.07. The molecule has 2 heterocycles. The molecule has 0 saturated carbocycles. The van der Waals surface area contributed by atoms with E-state index in [9.17, 15) is 9.90 Å². The fraction of sp³-hybridized carbons (Fsp3) is 0.444. The van der Waals surface area contributed by atoms with Gasteiger partial charge in [0.05, 0.1) is 24.4 Å². The Morgan fingerprint density at radius 2 is 2.25 bits per heavy atom. The van der Waals surface area contributed by atoms with Gasteiger partial charge in [-0.25, -0.2) is 0 Å². The molecule has 0 radical (unpaired) electrons. The van der Waals surface area contributed by atoms with E-state index in [-0.39, 0.29) is 12.5 Å². The summed E-state index contributed by atoms with van der Waals surface area (Å²) in [5, 5.41) is 13.7. The lowest BCUT2D eigenvalue weighted by Crippen LogP contribution is -2.32. The molecule has 2 aromatic rings. The molecule has 6 nitrogen and oxygen atoms in total. The van der Waals surface area contributed by atoms with Crippen LogP contribution >= 0.6 is 0 Å². The Kier molecular flexibility index (Phi) is 4.85. The van der Waals surface area contributed by atoms with E-state index in [0.717, 1.165) is 35.5 Å². The Bertz CT molecular complexity index is 739. The Hall–Kier alpha value is -2.34. The number of fused-ring (bicyclic) bond motifs is 1. The third-order valence-corrected chi connectivity index (χ3v) is 4.20. The van der Waals surface area contributed by atoms with Crippen molar-refractivity contribution in [3.8, 4) is 5.75 Å². The summed E-state index contributed by atoms with van der Waals surface area (Å²) in [6.45, 7) is 6.19. The standard InChI is InChI=1S/C18H23N3O3/c1-3-6-21-11-16(13(2)19-21)18(23)20-7-8-24-17-5-4-14(12-22)9-15(17)10-20/h4-5,9,11,22H,3,6-8,10,12H2,1-2H3. The fourth-order valence-corrected chi connectivity index (χ4v) is 2.96. The number of rotatable bonds is 4. The van der Waals surface area contributed by atoms with E-state index in [0.29, 0.717) is 25.3 Å². The molecule has 1 aromatic carbocycles. The van der Waals surface area contributed by atoms with Gasteiger partial charge in [0.25, 0.3) is 5.91 Å². The monoisotopic (exact) mass is 329 g/mol. The van der Waals surface area contributed by atoms with Crippen molar-refractivity contribution in [3.05, 3.63) is 46.8 Å². The number of ether oxygens (including phenoxy) is 1. The number of carbonyl (C=O) groups excluding carboxylic acids is 1. The third kappa shape index (κ3) is 3.28. The van der Waals surface area contributed by atoms with Gasteiger partial charge in [-0.1, -0.05) is 13.0 Å². The maximum Gasteiger partial charge on any atom is 0.257 e. The molecule has 1 aromatic heterocycles. The highest BCUT2D eigenvalue weighted by Crippen LogP contribution is 2.25. The largest absolute Gasteiger partial charge is 0.491 e. The number of aliphatic hydroxyl groups is 1. The molecule has 1 amide bonds. The Labute approximate surface area is 141 Å². The average Bonchev–Trinajstić information content (AvgIpc) is 2.82. The molecule has 3 rings (SSSR count). The average molecular weight is 329 g/mol. The molecule has 24 heavy (non-hydrogen) atoms. The molecule has 0 aliphatic carbocycles. The van der Waals surface area contributed by atoms with Crippen LogP contribution in [-0.4, -0.2) is 38.8 Å². The number of amides is 1. The highest BCUT2D eigenvalue weighted by molar-refractivity contribution is 5.95. The van der Waals surface area contributed by atoms with Crippen LogP contribution in [0, 0.1) is 6.92 Å². The van der Waals surface area contributed by atoms with E-state index in [4.69, 9.17) is 4.74 Å². The van der Waals surface area contributed by atoms with E-state index < -0.39 is 0 Å². The van der Waals surface area contributed by atoms with E-state index >= 15 is 0 Å². The number of benzene rings is 1. The van der Waals surface area contributed by atoms with Gasteiger partial charge in [0.2, 0.25) is 0 Å². The van der Waals surface area contributed by atoms with Crippen LogP contribution in [0.1, 0.15) is 40.5 Å². The molecular formula is C18H23N3O3. The minimum absolute atomic E-state index is 0.0237. The SMILES string of the molecule is CCCn1cc(C(=O)N2CCOc3ccc(CO)cc3C2)c(C)n1. The van der Waals surface area contributed by atoms with Crippen molar-refractivity contribution in [1.82, 2.24) is 14.7 Å². The van der Waals surface area contributed by atoms with Crippen molar-refractivity contribution in [2.24, 2.45) is 0 Å². The van der Waals surface area contributed by atoms with E-state index in [1.54, 1.807) is 4.90 Å². The van der Waals surface area contributed by atoms with Gasteiger partial charge < -0.3 is 14.7 Å². The van der Waals surface area contributed by atoms with Crippen LogP contribution in [-0.2, 0) is 19.7 Å². The zero-order valence-electron chi connectivity index (χ0n) is 14.2. The number of aromatic nitrogens is 2. The molecule has 0 fully saturated rings. The highest BCUT2D eigenvalue weighted by Gasteiger charge is 2.24. The number of aliphatic hydroxyl groups excluding tert-OH is 1. The first kappa shape index (κ1) is 16.5. The summed E-state index contributed by atoms with van der Waals surface area (Å²) in [6.07, 6.45) is 2.81. The maximum absolute atomic E-state index is 12.9. The van der Waals surface area contributed by atoms with Crippen molar-refractivity contribution < 1.29 is 14.6 Å². The number of nitrogens with zero attached hydrogens (tertiary/aromatic N) is 3. The summed E-state index contributed by atoms with van der Waals surface area (Å²) in [6, 6.07) is 5.60. The van der Waals surface area contributed by atoms with Gasteiger partial charge in [-0.3, -0.25) is 9.48 Å². The van der Waals surface area contributed by atoms with Crippen LogP contribution in [0.3, 0.4) is 0 Å². The van der Waals surface area contributed by atoms with E-state index in [1.807, 2.05) is 36.0 Å². The van der Waals surface area contributed by atoms with Gasteiger partial charge in [0, 0.05) is 24.8 Å². The molecule has 0 atom stereocenters. The first-order valence-electron chi connectivity index (χ1n) is 8.31. The Morgan fingerprint density at radius 1 is 1.42 bits per heavy atom. The quantitative estimate of drug-likeness (QED) is 0.933. The Morgan fingerprint density at radius 3 is 3.00 bits per heavy atom. The van der Waals surface area contributed by atoms with Crippen molar-refractivity contribution >= 4 is 5.91 Å². The predicted molar refractivity (Wildman–Crippen MR) is 89.9 cm³/mol. The van der Waals surface area contributed by atoms with Crippen LogP contribution in [0.5, 0.6) is 5.75 Å². The summed E-state index contributed by atoms with van der Waals surface area (Å²) < 4.78 is 7.57. The molecular weight excluding hydrogens is 306 g/mol. The van der Waals surface area contributed by atoms with Crippen molar-refractivity contribution in [3.63, 3.8) is 0 Å². The summed E-state index contributed by atoms with van der Waals surface area (Å²) in [5.74, 6) is 0.751. The lowest BCUT2D eigenvalue weighted by Gasteiger charge is -2.19. The molecule has 1 aliphatic heterocycles. The smallest absolute Gasteiger partial charge is 0.257 e. The molecule has 0 bridgehead atoms. The van der Waals surface area contributed by atoms with Gasteiger partial charge in [-0.15, -0.1) is 0 Å². The van der Waals surface area contributed by atoms with E-state index in [1.165, 1.54) is 0 Å². The second-order valence-electron chi connectivity index (χ2n) is 6.07. The fourth-order valence-electron chi connectivity index (χ4n) is 2.96. The van der Waals surface area contributed by atoms with Crippen molar-refractivity contribution in [1.29, 1.82) is 0 Å². The summed E-state index contributed by atoms with van der Waals surface area (Å²) in [5.41, 5.74) is 3.14. The number of hydrogen-bond acceptors (Lipinski definition) is 4. The van der Waals surface area contributed by atoms with Gasteiger partial charge in [-0.2, -0.15) is 5.10 Å². The van der Waals surface area contributed by atoms with Gasteiger partial charge in [0.1, 0.15) is 12.4 Å². The van der Waals surface area contributed by atoms with Crippen LogP contribution in [0.25, 0.3) is 0 Å². The lowest BCUT2D eigenvalue weighted by atomic mass is 10.1. The van der Waals surface area contributed by atoms with Crippen LogP contribution < -0.4 is 4.74 Å². The number of carbonyl (C=O) groups is 1. The molecule has 0 spiro atoms. The highest BCUT2D eigenvalue weighted by atomic mass is 16.5. The zero-order chi connectivity index (χ0) is 17.1. The maximum atomic E-state index is 12.9. The summed E-state index contributed by atoms with van der Waals surface area (Å²) in [7, 11) is 0. The molecule has 6 heteroatoms. The first-order chi connectivity index (χ1) is 11.6. The molecule has 1 aliphatic rings. The first-order valence-corrected chi connectivity index (χ1v) is 8.31. The number of hydrogen-bond donors (Lipinski definition) is 1. The lowest BCUT2D eigenvalue weighted by molar-refractivity contribution is 0.0732. The van der Waals surface area contributed by atoms with Crippen LogP contribution in [0.15, 0.2) is 24.4 Å². The number of aryl methyl sites for hydroxylation is 2. The molecule has 128 valence electrons. The molecule has 0 saturated heterocycles. The zero-order valence-corrected chi connectivity index (χ0v) is 14.2. The van der Waals surface area contributed by atoms with Crippen LogP contribution in [0.2, 0.25) is 0 Å². The minimum atomic E-state index is -0.0271. The van der Waals surface area contributed by atoms with Crippen molar-refractivity contribution in [2.75, 3.05) is 13.2 Å². The van der Waals surface area contributed by atoms with Gasteiger partial charge in [0.15, 0.2) is 0 Å². The molecule has 0 unspecified atom stereocenters. The molecule has 1 N–H and O–H groups in total. The predicted octanol–water partition coefficient (Wildman–Crippen LogP) is 2.13. The minimum Gasteiger partial charge on any atom is -0.491 e. The normalized spacial score (nSPS) is 14.0.